The number of amides is 3. The standard InChI is InChI=1S/C23H32N4O3S/c1-14(2)17(21(30)26-12-10-25(5)11-13-26)24-19(28)18-23(3,4)31-22-16-9-7-6-8-15(16)20(29)27(18)22/h6-9,14,17-18,22H,10-13H2,1-5H3,(H,24,28)/t17-,18+,22?/m0/s1. The van der Waals surface area contributed by atoms with Gasteiger partial charge in [0.25, 0.3) is 5.91 Å². The van der Waals surface area contributed by atoms with Crippen molar-refractivity contribution < 1.29 is 14.4 Å². The second-order valence-electron chi connectivity index (χ2n) is 9.63. The van der Waals surface area contributed by atoms with Gasteiger partial charge < -0.3 is 20.0 Å². The van der Waals surface area contributed by atoms with E-state index < -0.39 is 16.8 Å². The molecule has 31 heavy (non-hydrogen) atoms. The summed E-state index contributed by atoms with van der Waals surface area (Å²) >= 11 is 1.64. The van der Waals surface area contributed by atoms with Crippen LogP contribution in [0.5, 0.6) is 0 Å². The quantitative estimate of drug-likeness (QED) is 0.769. The highest BCUT2D eigenvalue weighted by molar-refractivity contribution is 8.01. The predicted octanol–water partition coefficient (Wildman–Crippen LogP) is 1.95. The minimum atomic E-state index is -0.635. The van der Waals surface area contributed by atoms with Crippen LogP contribution in [0.1, 0.15) is 49.0 Å². The number of thioether (sulfide) groups is 1. The van der Waals surface area contributed by atoms with Crippen LogP contribution in [0.3, 0.4) is 0 Å². The molecule has 0 saturated carbocycles. The van der Waals surface area contributed by atoms with E-state index in [0.29, 0.717) is 18.7 Å². The van der Waals surface area contributed by atoms with Crippen molar-refractivity contribution in [1.29, 1.82) is 0 Å². The lowest BCUT2D eigenvalue weighted by molar-refractivity contribution is -0.140. The van der Waals surface area contributed by atoms with Crippen molar-refractivity contribution in [2.24, 2.45) is 5.92 Å². The highest BCUT2D eigenvalue weighted by atomic mass is 32.2. The van der Waals surface area contributed by atoms with Gasteiger partial charge in [0, 0.05) is 36.5 Å². The first-order valence-electron chi connectivity index (χ1n) is 11.0. The van der Waals surface area contributed by atoms with Crippen molar-refractivity contribution in [3.8, 4) is 0 Å². The number of fused-ring (bicyclic) bond motifs is 3. The molecule has 0 aliphatic carbocycles. The number of benzene rings is 1. The second-order valence-corrected chi connectivity index (χ2v) is 11.4. The molecule has 2 saturated heterocycles. The monoisotopic (exact) mass is 444 g/mol. The Balaban J connectivity index is 1.55. The molecule has 3 aliphatic heterocycles. The van der Waals surface area contributed by atoms with Gasteiger partial charge in [0.2, 0.25) is 11.8 Å². The van der Waals surface area contributed by atoms with Crippen molar-refractivity contribution in [3.05, 3.63) is 35.4 Å². The van der Waals surface area contributed by atoms with Crippen LogP contribution in [0.15, 0.2) is 24.3 Å². The fourth-order valence-corrected chi connectivity index (χ4v) is 6.36. The number of rotatable bonds is 4. The molecule has 0 radical (unpaired) electrons. The Morgan fingerprint density at radius 1 is 1.13 bits per heavy atom. The summed E-state index contributed by atoms with van der Waals surface area (Å²) in [7, 11) is 2.05. The molecule has 0 aromatic heterocycles. The van der Waals surface area contributed by atoms with Gasteiger partial charge in [-0.2, -0.15) is 0 Å². The molecule has 2 fully saturated rings. The predicted molar refractivity (Wildman–Crippen MR) is 122 cm³/mol. The van der Waals surface area contributed by atoms with E-state index in [1.165, 1.54) is 0 Å². The van der Waals surface area contributed by atoms with Crippen molar-refractivity contribution in [2.75, 3.05) is 33.2 Å². The summed E-state index contributed by atoms with van der Waals surface area (Å²) < 4.78 is -0.462. The smallest absolute Gasteiger partial charge is 0.256 e. The Morgan fingerprint density at radius 2 is 1.77 bits per heavy atom. The largest absolute Gasteiger partial charge is 0.342 e. The number of hydrogen-bond acceptors (Lipinski definition) is 5. The van der Waals surface area contributed by atoms with E-state index in [0.717, 1.165) is 18.7 Å². The van der Waals surface area contributed by atoms with E-state index in [4.69, 9.17) is 0 Å². The molecule has 8 heteroatoms. The molecular weight excluding hydrogens is 412 g/mol. The molecule has 0 spiro atoms. The zero-order chi connectivity index (χ0) is 22.5. The molecule has 1 unspecified atom stereocenters. The van der Waals surface area contributed by atoms with Crippen LogP contribution in [-0.4, -0.2) is 82.5 Å². The summed E-state index contributed by atoms with van der Waals surface area (Å²) in [6.45, 7) is 10.9. The fraction of sp³-hybridized carbons (Fsp3) is 0.609. The topological polar surface area (TPSA) is 73.0 Å². The van der Waals surface area contributed by atoms with Gasteiger partial charge in [0.15, 0.2) is 0 Å². The molecule has 0 bridgehead atoms. The van der Waals surface area contributed by atoms with Crippen LogP contribution in [0.2, 0.25) is 0 Å². The van der Waals surface area contributed by atoms with Crippen molar-refractivity contribution in [2.45, 2.75) is 49.9 Å². The molecule has 3 atom stereocenters. The number of piperazine rings is 1. The molecule has 3 aliphatic rings. The summed E-state index contributed by atoms with van der Waals surface area (Å²) in [5.41, 5.74) is 1.64. The van der Waals surface area contributed by atoms with E-state index >= 15 is 0 Å². The number of nitrogens with zero attached hydrogens (tertiary/aromatic N) is 3. The Labute approximate surface area is 188 Å². The van der Waals surface area contributed by atoms with Gasteiger partial charge in [-0.05, 0) is 38.4 Å². The number of nitrogens with one attached hydrogen (secondary N) is 1. The van der Waals surface area contributed by atoms with Gasteiger partial charge in [-0.15, -0.1) is 11.8 Å². The first-order valence-corrected chi connectivity index (χ1v) is 11.9. The zero-order valence-electron chi connectivity index (χ0n) is 18.9. The Kier molecular flexibility index (Phi) is 5.81. The first-order chi connectivity index (χ1) is 14.6. The molecule has 1 aromatic carbocycles. The lowest BCUT2D eigenvalue weighted by atomic mass is 9.97. The molecule has 4 rings (SSSR count). The number of likely N-dealkylation sites (N-methyl/N-ethyl adjacent to an activating group) is 1. The average Bonchev–Trinajstić information content (AvgIpc) is 3.15. The maximum absolute atomic E-state index is 13.6. The molecule has 3 heterocycles. The maximum Gasteiger partial charge on any atom is 0.256 e. The number of hydrogen-bond donors (Lipinski definition) is 1. The zero-order valence-corrected chi connectivity index (χ0v) is 19.7. The van der Waals surface area contributed by atoms with Crippen molar-refractivity contribution in [1.82, 2.24) is 20.0 Å². The van der Waals surface area contributed by atoms with Crippen LogP contribution in [-0.2, 0) is 9.59 Å². The van der Waals surface area contributed by atoms with Gasteiger partial charge in [-0.1, -0.05) is 32.0 Å². The van der Waals surface area contributed by atoms with E-state index in [1.807, 2.05) is 63.9 Å². The molecule has 7 nitrogen and oxygen atoms in total. The Hall–Kier alpha value is -2.06. The molecule has 1 N–H and O–H groups in total. The fourth-order valence-electron chi connectivity index (χ4n) is 4.77. The maximum atomic E-state index is 13.6. The molecular formula is C23H32N4O3S. The van der Waals surface area contributed by atoms with E-state index in [2.05, 4.69) is 10.2 Å². The second kappa shape index (κ2) is 8.13. The molecule has 3 amide bonds. The van der Waals surface area contributed by atoms with Crippen LogP contribution < -0.4 is 5.32 Å². The summed E-state index contributed by atoms with van der Waals surface area (Å²) in [6.07, 6.45) is 0. The average molecular weight is 445 g/mol. The highest BCUT2D eigenvalue weighted by Crippen LogP contribution is 2.56. The van der Waals surface area contributed by atoms with Crippen molar-refractivity contribution in [3.63, 3.8) is 0 Å². The lowest BCUT2D eigenvalue weighted by Crippen LogP contribution is -2.60. The third-order valence-electron chi connectivity index (χ3n) is 6.59. The van der Waals surface area contributed by atoms with Gasteiger partial charge >= 0.3 is 0 Å². The van der Waals surface area contributed by atoms with E-state index in [-0.39, 0.29) is 29.0 Å². The summed E-state index contributed by atoms with van der Waals surface area (Å²) in [6, 6.07) is 6.34. The van der Waals surface area contributed by atoms with Gasteiger partial charge in [-0.25, -0.2) is 0 Å². The van der Waals surface area contributed by atoms with Gasteiger partial charge in [-0.3, -0.25) is 14.4 Å². The number of carbonyl (C=O) groups is 3. The minimum Gasteiger partial charge on any atom is -0.342 e. The Morgan fingerprint density at radius 3 is 2.42 bits per heavy atom. The Bertz CT molecular complexity index is 895. The lowest BCUT2D eigenvalue weighted by Gasteiger charge is -2.37. The summed E-state index contributed by atoms with van der Waals surface area (Å²) in [4.78, 5) is 45.7. The van der Waals surface area contributed by atoms with Crippen LogP contribution in [0, 0.1) is 5.92 Å². The van der Waals surface area contributed by atoms with Gasteiger partial charge in [0.1, 0.15) is 17.5 Å². The van der Waals surface area contributed by atoms with E-state index in [9.17, 15) is 14.4 Å². The normalized spacial score (nSPS) is 26.1. The minimum absolute atomic E-state index is 0.0347. The van der Waals surface area contributed by atoms with E-state index in [1.54, 1.807) is 16.7 Å². The molecule has 168 valence electrons. The SMILES string of the molecule is CC(C)[C@H](NC(=O)[C@H]1N2C(=O)c3ccccc3C2SC1(C)C)C(=O)N1CCN(C)CC1. The van der Waals surface area contributed by atoms with Gasteiger partial charge in [0.05, 0.1) is 0 Å². The molecule has 1 aromatic rings. The summed E-state index contributed by atoms with van der Waals surface area (Å²) in [5.74, 6) is -0.435. The van der Waals surface area contributed by atoms with Crippen LogP contribution in [0.25, 0.3) is 0 Å². The van der Waals surface area contributed by atoms with Crippen molar-refractivity contribution >= 4 is 29.5 Å². The van der Waals surface area contributed by atoms with Crippen LogP contribution >= 0.6 is 11.8 Å². The van der Waals surface area contributed by atoms with Crippen LogP contribution in [0.4, 0.5) is 0 Å². The third kappa shape index (κ3) is 3.84. The summed E-state index contributed by atoms with van der Waals surface area (Å²) in [5, 5.41) is 2.86. The number of carbonyl (C=O) groups excluding carboxylic acids is 3. The third-order valence-corrected chi connectivity index (χ3v) is 8.13. The highest BCUT2D eigenvalue weighted by Gasteiger charge is 2.57. The first kappa shape index (κ1) is 22.1.